The van der Waals surface area contributed by atoms with Crippen molar-refractivity contribution in [2.75, 3.05) is 18.8 Å². The van der Waals surface area contributed by atoms with Gasteiger partial charge in [-0.3, -0.25) is 4.79 Å². The predicted molar refractivity (Wildman–Crippen MR) is 76.1 cm³/mol. The number of hydrogen-bond acceptors (Lipinski definition) is 5. The van der Waals surface area contributed by atoms with E-state index in [1.165, 1.54) is 11.3 Å². The van der Waals surface area contributed by atoms with Gasteiger partial charge in [-0.1, -0.05) is 13.8 Å². The van der Waals surface area contributed by atoms with Crippen LogP contribution in [0, 0.1) is 5.41 Å². The van der Waals surface area contributed by atoms with Crippen LogP contribution >= 0.6 is 11.3 Å². The maximum Gasteiger partial charge on any atom is 0.266 e. The second-order valence-electron chi connectivity index (χ2n) is 5.74. The van der Waals surface area contributed by atoms with E-state index in [9.17, 15) is 4.79 Å². The molecule has 3 heterocycles. The molecule has 0 spiro atoms. The van der Waals surface area contributed by atoms with Crippen LogP contribution in [0.4, 0.5) is 5.69 Å². The van der Waals surface area contributed by atoms with E-state index in [1.54, 1.807) is 12.3 Å². The second-order valence-corrected chi connectivity index (χ2v) is 6.73. The first kappa shape index (κ1) is 12.3. The minimum Gasteiger partial charge on any atom is -0.397 e. The molecule has 2 aromatic rings. The van der Waals surface area contributed by atoms with Gasteiger partial charge < -0.3 is 10.6 Å². The van der Waals surface area contributed by atoms with E-state index < -0.39 is 0 Å². The summed E-state index contributed by atoms with van der Waals surface area (Å²) >= 11 is 1.33. The number of rotatable bonds is 1. The molecule has 1 aliphatic rings. The first-order valence-electron chi connectivity index (χ1n) is 6.27. The summed E-state index contributed by atoms with van der Waals surface area (Å²) in [4.78, 5) is 15.7. The number of fused-ring (bicyclic) bond motifs is 1. The summed E-state index contributed by atoms with van der Waals surface area (Å²) in [5.41, 5.74) is 6.80. The fourth-order valence-corrected chi connectivity index (χ4v) is 3.47. The van der Waals surface area contributed by atoms with Gasteiger partial charge in [-0.2, -0.15) is 5.10 Å². The van der Waals surface area contributed by atoms with Crippen LogP contribution in [-0.4, -0.2) is 34.1 Å². The maximum absolute atomic E-state index is 12.5. The zero-order valence-corrected chi connectivity index (χ0v) is 11.8. The average molecular weight is 276 g/mol. The molecule has 1 aliphatic heterocycles. The van der Waals surface area contributed by atoms with E-state index in [1.807, 2.05) is 4.90 Å². The van der Waals surface area contributed by atoms with Crippen LogP contribution < -0.4 is 5.73 Å². The Labute approximate surface area is 115 Å². The number of hydrogen-bond donors (Lipinski definition) is 1. The molecule has 0 aromatic carbocycles. The van der Waals surface area contributed by atoms with Gasteiger partial charge in [0.25, 0.3) is 5.91 Å². The molecule has 2 aromatic heterocycles. The average Bonchev–Trinajstić information content (AvgIpc) is 2.90. The van der Waals surface area contributed by atoms with Gasteiger partial charge in [-0.15, -0.1) is 16.4 Å². The van der Waals surface area contributed by atoms with E-state index >= 15 is 0 Å². The number of carbonyl (C=O) groups excluding carboxylic acids is 1. The van der Waals surface area contributed by atoms with Crippen molar-refractivity contribution in [3.8, 4) is 0 Å². The van der Waals surface area contributed by atoms with Crippen molar-refractivity contribution in [3.63, 3.8) is 0 Å². The van der Waals surface area contributed by atoms with Crippen LogP contribution in [0.1, 0.15) is 29.9 Å². The minimum absolute atomic E-state index is 0.0195. The second kappa shape index (κ2) is 4.16. The normalized spacial score (nSPS) is 18.1. The molecule has 3 rings (SSSR count). The minimum atomic E-state index is 0.0195. The van der Waals surface area contributed by atoms with Crippen LogP contribution in [0.3, 0.4) is 0 Å². The van der Waals surface area contributed by atoms with Gasteiger partial charge in [-0.25, -0.2) is 0 Å². The van der Waals surface area contributed by atoms with E-state index in [2.05, 4.69) is 24.0 Å². The molecular formula is C13H16N4OS. The molecule has 5 nitrogen and oxygen atoms in total. The summed E-state index contributed by atoms with van der Waals surface area (Å²) in [5, 5.41) is 8.67. The highest BCUT2D eigenvalue weighted by Gasteiger charge is 2.34. The van der Waals surface area contributed by atoms with Crippen LogP contribution in [0.25, 0.3) is 10.2 Å². The lowest BCUT2D eigenvalue weighted by Crippen LogP contribution is -2.30. The molecule has 0 atom stereocenters. The first-order valence-corrected chi connectivity index (χ1v) is 7.08. The van der Waals surface area contributed by atoms with Gasteiger partial charge in [0.1, 0.15) is 9.71 Å². The highest BCUT2D eigenvalue weighted by molar-refractivity contribution is 7.21. The summed E-state index contributed by atoms with van der Waals surface area (Å²) in [6, 6.07) is 1.80. The molecule has 2 N–H and O–H groups in total. The molecule has 0 saturated carbocycles. The van der Waals surface area contributed by atoms with Crippen molar-refractivity contribution < 1.29 is 4.79 Å². The molecular weight excluding hydrogens is 260 g/mol. The largest absolute Gasteiger partial charge is 0.397 e. The number of carbonyl (C=O) groups is 1. The molecule has 1 amide bonds. The third-order valence-electron chi connectivity index (χ3n) is 3.58. The zero-order chi connectivity index (χ0) is 13.6. The molecule has 19 heavy (non-hydrogen) atoms. The number of anilines is 1. The Morgan fingerprint density at radius 2 is 2.32 bits per heavy atom. The first-order chi connectivity index (χ1) is 8.98. The fraction of sp³-hybridized carbons (Fsp3) is 0.462. The zero-order valence-electron chi connectivity index (χ0n) is 11.0. The van der Waals surface area contributed by atoms with E-state index in [4.69, 9.17) is 5.73 Å². The molecule has 6 heteroatoms. The van der Waals surface area contributed by atoms with Crippen molar-refractivity contribution >= 4 is 33.1 Å². The molecule has 1 saturated heterocycles. The van der Waals surface area contributed by atoms with Gasteiger partial charge in [0, 0.05) is 18.5 Å². The van der Waals surface area contributed by atoms with Gasteiger partial charge in [0.05, 0.1) is 11.9 Å². The molecule has 1 fully saturated rings. The van der Waals surface area contributed by atoms with Gasteiger partial charge in [0.2, 0.25) is 0 Å². The van der Waals surface area contributed by atoms with Crippen LogP contribution in [-0.2, 0) is 0 Å². The topological polar surface area (TPSA) is 72.1 Å². The number of aromatic nitrogens is 2. The quantitative estimate of drug-likeness (QED) is 0.866. The van der Waals surface area contributed by atoms with Crippen molar-refractivity contribution in [1.29, 1.82) is 0 Å². The smallest absolute Gasteiger partial charge is 0.266 e. The van der Waals surface area contributed by atoms with Crippen LogP contribution in [0.2, 0.25) is 0 Å². The predicted octanol–water partition coefficient (Wildman–Crippen LogP) is 2.15. The molecule has 0 unspecified atom stereocenters. The Kier molecular flexibility index (Phi) is 2.70. The SMILES string of the molecule is CC1(C)CCN(C(=O)c2sc3nnccc3c2N)C1. The standard InChI is InChI=1S/C13H16N4OS/c1-13(2)4-6-17(7-13)12(18)10-9(14)8-3-5-15-16-11(8)19-10/h3,5H,4,6-7,14H2,1-2H3. The molecule has 0 aliphatic carbocycles. The Morgan fingerprint density at radius 1 is 1.53 bits per heavy atom. The summed E-state index contributed by atoms with van der Waals surface area (Å²) in [6.07, 6.45) is 2.63. The van der Waals surface area contributed by atoms with Crippen LogP contribution in [0.15, 0.2) is 12.3 Å². The van der Waals surface area contributed by atoms with Crippen LogP contribution in [0.5, 0.6) is 0 Å². The summed E-state index contributed by atoms with van der Waals surface area (Å²) in [7, 11) is 0. The van der Waals surface area contributed by atoms with Gasteiger partial charge in [0.15, 0.2) is 0 Å². The number of amides is 1. The van der Waals surface area contributed by atoms with Crippen molar-refractivity contribution in [2.45, 2.75) is 20.3 Å². The fourth-order valence-electron chi connectivity index (χ4n) is 2.46. The number of nitrogen functional groups attached to an aromatic ring is 1. The monoisotopic (exact) mass is 276 g/mol. The van der Waals surface area contributed by atoms with Gasteiger partial charge in [-0.05, 0) is 17.9 Å². The van der Waals surface area contributed by atoms with E-state index in [0.29, 0.717) is 10.6 Å². The third-order valence-corrected chi connectivity index (χ3v) is 4.67. The summed E-state index contributed by atoms with van der Waals surface area (Å²) in [5.74, 6) is 0.0195. The number of thiophene rings is 1. The van der Waals surface area contributed by atoms with Crippen molar-refractivity contribution in [1.82, 2.24) is 15.1 Å². The molecule has 100 valence electrons. The van der Waals surface area contributed by atoms with E-state index in [0.717, 1.165) is 29.7 Å². The van der Waals surface area contributed by atoms with Crippen molar-refractivity contribution in [2.24, 2.45) is 5.41 Å². The Hall–Kier alpha value is -1.69. The van der Waals surface area contributed by atoms with E-state index in [-0.39, 0.29) is 11.3 Å². The highest BCUT2D eigenvalue weighted by atomic mass is 32.1. The maximum atomic E-state index is 12.5. The number of likely N-dealkylation sites (tertiary alicyclic amines) is 1. The van der Waals surface area contributed by atoms with Crippen molar-refractivity contribution in [3.05, 3.63) is 17.1 Å². The summed E-state index contributed by atoms with van der Waals surface area (Å²) < 4.78 is 0. The Morgan fingerprint density at radius 3 is 2.95 bits per heavy atom. The lowest BCUT2D eigenvalue weighted by molar-refractivity contribution is 0.0784. The summed E-state index contributed by atoms with van der Waals surface area (Å²) in [6.45, 7) is 5.94. The molecule has 0 bridgehead atoms. The Bertz CT molecular complexity index is 649. The Balaban J connectivity index is 1.96. The lowest BCUT2D eigenvalue weighted by Gasteiger charge is -2.19. The number of nitrogens with two attached hydrogens (primary N) is 1. The lowest BCUT2D eigenvalue weighted by atomic mass is 9.93. The molecule has 0 radical (unpaired) electrons. The van der Waals surface area contributed by atoms with Gasteiger partial charge >= 0.3 is 0 Å². The highest BCUT2D eigenvalue weighted by Crippen LogP contribution is 2.35. The third kappa shape index (κ3) is 2.06. The number of nitrogens with zero attached hydrogens (tertiary/aromatic N) is 3.